The van der Waals surface area contributed by atoms with Crippen LogP contribution in [0, 0.1) is 0 Å². The van der Waals surface area contributed by atoms with E-state index in [1.54, 1.807) is 14.2 Å². The van der Waals surface area contributed by atoms with Crippen LogP contribution in [-0.4, -0.2) is 42.9 Å². The molecule has 4 nitrogen and oxygen atoms in total. The van der Waals surface area contributed by atoms with Gasteiger partial charge in [0.2, 0.25) is 0 Å². The third-order valence-electron chi connectivity index (χ3n) is 3.70. The molecule has 2 atom stereocenters. The van der Waals surface area contributed by atoms with E-state index in [1.807, 2.05) is 43.9 Å². The standard InChI is InChI=1S/C17H25NO2.C2H6O/c1-13-10-11-15(12-14-8-6-5-7-9-14)18(13)16(19)20-17(2,3)4;1-3-2/h5-9,13,15H,10-12H2,1-4H3;1-2H3. The summed E-state index contributed by atoms with van der Waals surface area (Å²) in [4.78, 5) is 14.3. The van der Waals surface area contributed by atoms with Crippen LogP contribution in [-0.2, 0) is 15.9 Å². The smallest absolute Gasteiger partial charge is 0.410 e. The number of amides is 1. The molecular weight excluding hydrogens is 290 g/mol. The third-order valence-corrected chi connectivity index (χ3v) is 3.70. The summed E-state index contributed by atoms with van der Waals surface area (Å²) < 4.78 is 9.80. The molecule has 130 valence electrons. The van der Waals surface area contributed by atoms with Crippen molar-refractivity contribution in [1.29, 1.82) is 0 Å². The summed E-state index contributed by atoms with van der Waals surface area (Å²) >= 11 is 0. The van der Waals surface area contributed by atoms with E-state index >= 15 is 0 Å². The Morgan fingerprint density at radius 3 is 2.26 bits per heavy atom. The highest BCUT2D eigenvalue weighted by molar-refractivity contribution is 5.69. The number of carbonyl (C=O) groups is 1. The Kier molecular flexibility index (Phi) is 7.56. The average molecular weight is 321 g/mol. The molecule has 4 heteroatoms. The van der Waals surface area contributed by atoms with Gasteiger partial charge in [-0.25, -0.2) is 4.79 Å². The van der Waals surface area contributed by atoms with E-state index in [0.717, 1.165) is 19.3 Å². The molecule has 0 aromatic heterocycles. The number of hydrogen-bond acceptors (Lipinski definition) is 3. The molecule has 23 heavy (non-hydrogen) atoms. The van der Waals surface area contributed by atoms with Crippen molar-refractivity contribution in [2.75, 3.05) is 14.2 Å². The van der Waals surface area contributed by atoms with Gasteiger partial charge in [-0.1, -0.05) is 30.3 Å². The number of methoxy groups -OCH3 is 1. The highest BCUT2D eigenvalue weighted by atomic mass is 16.6. The normalized spacial score (nSPS) is 20.7. The summed E-state index contributed by atoms with van der Waals surface area (Å²) in [5.74, 6) is 0. The zero-order valence-corrected chi connectivity index (χ0v) is 15.3. The summed E-state index contributed by atoms with van der Waals surface area (Å²) in [5.41, 5.74) is 0.844. The fourth-order valence-electron chi connectivity index (χ4n) is 2.80. The monoisotopic (exact) mass is 321 g/mol. The van der Waals surface area contributed by atoms with Crippen LogP contribution in [0.4, 0.5) is 4.79 Å². The summed E-state index contributed by atoms with van der Waals surface area (Å²) in [7, 11) is 3.25. The maximum Gasteiger partial charge on any atom is 0.410 e. The number of nitrogens with zero attached hydrogens (tertiary/aromatic N) is 1. The molecule has 1 aromatic rings. The molecular formula is C19H31NO3. The lowest BCUT2D eigenvalue weighted by Crippen LogP contribution is -2.44. The van der Waals surface area contributed by atoms with Crippen LogP contribution in [0.15, 0.2) is 30.3 Å². The molecule has 1 fully saturated rings. The predicted octanol–water partition coefficient (Wildman–Crippen LogP) is 4.28. The van der Waals surface area contributed by atoms with Crippen LogP contribution in [0.25, 0.3) is 0 Å². The van der Waals surface area contributed by atoms with Gasteiger partial charge >= 0.3 is 6.09 Å². The van der Waals surface area contributed by atoms with Gasteiger partial charge in [-0.15, -0.1) is 0 Å². The highest BCUT2D eigenvalue weighted by Gasteiger charge is 2.36. The van der Waals surface area contributed by atoms with E-state index in [2.05, 4.69) is 23.8 Å². The van der Waals surface area contributed by atoms with Crippen molar-refractivity contribution >= 4 is 6.09 Å². The first-order chi connectivity index (χ1) is 10.8. The Morgan fingerprint density at radius 2 is 1.74 bits per heavy atom. The molecule has 0 radical (unpaired) electrons. The zero-order valence-electron chi connectivity index (χ0n) is 15.3. The lowest BCUT2D eigenvalue weighted by molar-refractivity contribution is 0.0161. The number of ether oxygens (including phenoxy) is 2. The van der Waals surface area contributed by atoms with Crippen LogP contribution < -0.4 is 0 Å². The first-order valence-corrected chi connectivity index (χ1v) is 8.24. The molecule has 2 rings (SSSR count). The minimum absolute atomic E-state index is 0.177. The van der Waals surface area contributed by atoms with Gasteiger partial charge in [-0.05, 0) is 52.5 Å². The van der Waals surface area contributed by atoms with Crippen molar-refractivity contribution in [3.05, 3.63) is 35.9 Å². The Labute approximate surface area is 140 Å². The highest BCUT2D eigenvalue weighted by Crippen LogP contribution is 2.28. The molecule has 1 amide bonds. The van der Waals surface area contributed by atoms with Crippen molar-refractivity contribution < 1.29 is 14.3 Å². The van der Waals surface area contributed by atoms with Crippen LogP contribution >= 0.6 is 0 Å². The average Bonchev–Trinajstić information content (AvgIpc) is 2.80. The molecule has 1 heterocycles. The fourth-order valence-corrected chi connectivity index (χ4v) is 2.80. The van der Waals surface area contributed by atoms with Gasteiger partial charge < -0.3 is 14.4 Å². The first-order valence-electron chi connectivity index (χ1n) is 8.24. The van der Waals surface area contributed by atoms with E-state index < -0.39 is 5.60 Å². The Balaban J connectivity index is 0.000000816. The van der Waals surface area contributed by atoms with Gasteiger partial charge in [0.1, 0.15) is 5.60 Å². The van der Waals surface area contributed by atoms with Crippen LogP contribution in [0.2, 0.25) is 0 Å². The second-order valence-electron chi connectivity index (χ2n) is 7.07. The maximum absolute atomic E-state index is 12.4. The Bertz CT molecular complexity index is 467. The van der Waals surface area contributed by atoms with Crippen LogP contribution in [0.1, 0.15) is 46.1 Å². The quantitative estimate of drug-likeness (QED) is 0.816. The largest absolute Gasteiger partial charge is 0.444 e. The molecule has 0 saturated carbocycles. The number of likely N-dealkylation sites (tertiary alicyclic amines) is 1. The van der Waals surface area contributed by atoms with Gasteiger partial charge in [0.15, 0.2) is 0 Å². The summed E-state index contributed by atoms with van der Waals surface area (Å²) in [6.45, 7) is 7.85. The number of carbonyl (C=O) groups excluding carboxylic acids is 1. The molecule has 0 spiro atoms. The number of benzene rings is 1. The molecule has 1 aliphatic heterocycles. The molecule has 0 aliphatic carbocycles. The lowest BCUT2D eigenvalue weighted by Gasteiger charge is -2.31. The predicted molar refractivity (Wildman–Crippen MR) is 93.6 cm³/mol. The molecule has 0 N–H and O–H groups in total. The van der Waals surface area contributed by atoms with E-state index in [1.165, 1.54) is 5.56 Å². The van der Waals surface area contributed by atoms with Crippen molar-refractivity contribution in [3.8, 4) is 0 Å². The second-order valence-corrected chi connectivity index (χ2v) is 7.07. The summed E-state index contributed by atoms with van der Waals surface area (Å²) in [5, 5.41) is 0. The van der Waals surface area contributed by atoms with Gasteiger partial charge in [0.25, 0.3) is 0 Å². The summed E-state index contributed by atoms with van der Waals surface area (Å²) in [6, 6.07) is 10.9. The molecule has 0 bridgehead atoms. The minimum atomic E-state index is -0.434. The first kappa shape index (κ1) is 19.5. The van der Waals surface area contributed by atoms with Crippen molar-refractivity contribution in [3.63, 3.8) is 0 Å². The third kappa shape index (κ3) is 6.61. The van der Waals surface area contributed by atoms with Crippen LogP contribution in [0.3, 0.4) is 0 Å². The van der Waals surface area contributed by atoms with Gasteiger partial charge in [0.05, 0.1) is 0 Å². The van der Waals surface area contributed by atoms with Gasteiger partial charge in [0, 0.05) is 26.3 Å². The van der Waals surface area contributed by atoms with Crippen molar-refractivity contribution in [2.24, 2.45) is 0 Å². The van der Waals surface area contributed by atoms with Gasteiger partial charge in [-0.3, -0.25) is 0 Å². The molecule has 1 aromatic carbocycles. The molecule has 1 saturated heterocycles. The van der Waals surface area contributed by atoms with E-state index in [9.17, 15) is 4.79 Å². The molecule has 2 unspecified atom stereocenters. The SMILES string of the molecule is CC1CCC(Cc2ccccc2)N1C(=O)OC(C)(C)C.COC. The van der Waals surface area contributed by atoms with Gasteiger partial charge in [-0.2, -0.15) is 0 Å². The van der Waals surface area contributed by atoms with Crippen LogP contribution in [0.5, 0.6) is 0 Å². The van der Waals surface area contributed by atoms with E-state index in [-0.39, 0.29) is 18.2 Å². The zero-order chi connectivity index (χ0) is 17.5. The fraction of sp³-hybridized carbons (Fsp3) is 0.632. The molecule has 1 aliphatic rings. The number of rotatable bonds is 2. The Hall–Kier alpha value is -1.55. The van der Waals surface area contributed by atoms with Crippen molar-refractivity contribution in [2.45, 2.75) is 64.6 Å². The van der Waals surface area contributed by atoms with Crippen molar-refractivity contribution in [1.82, 2.24) is 4.90 Å². The van der Waals surface area contributed by atoms with E-state index in [0.29, 0.717) is 0 Å². The topological polar surface area (TPSA) is 38.8 Å². The second kappa shape index (κ2) is 8.92. The minimum Gasteiger partial charge on any atom is -0.444 e. The number of hydrogen-bond donors (Lipinski definition) is 0. The van der Waals surface area contributed by atoms with E-state index in [4.69, 9.17) is 4.74 Å². The lowest BCUT2D eigenvalue weighted by atomic mass is 10.0. The summed E-state index contributed by atoms with van der Waals surface area (Å²) in [6.07, 6.45) is 2.83. The maximum atomic E-state index is 12.4. The Morgan fingerprint density at radius 1 is 1.17 bits per heavy atom.